The molecular weight excluding hydrogens is 424 g/mol. The molecule has 0 aliphatic carbocycles. The van der Waals surface area contributed by atoms with Gasteiger partial charge in [0.1, 0.15) is 6.04 Å². The van der Waals surface area contributed by atoms with Crippen LogP contribution in [-0.2, 0) is 27.8 Å². The largest absolute Gasteiger partial charge is 0.337 e. The highest BCUT2D eigenvalue weighted by molar-refractivity contribution is 7.89. The zero-order valence-electron chi connectivity index (χ0n) is 17.9. The first-order valence-electron chi connectivity index (χ1n) is 10.6. The first-order valence-corrected chi connectivity index (χ1v) is 12.0. The number of nitrogens with zero attached hydrogens (tertiary/aromatic N) is 2. The van der Waals surface area contributed by atoms with E-state index < -0.39 is 16.1 Å². The van der Waals surface area contributed by atoms with Crippen molar-refractivity contribution in [2.75, 3.05) is 6.54 Å². The van der Waals surface area contributed by atoms with Gasteiger partial charge in [-0.2, -0.15) is 9.82 Å². The second kappa shape index (κ2) is 9.10. The van der Waals surface area contributed by atoms with Crippen LogP contribution in [0.25, 0.3) is 10.8 Å². The Balaban J connectivity index is 1.48. The van der Waals surface area contributed by atoms with Crippen LogP contribution in [0.15, 0.2) is 70.7 Å². The fraction of sp³-hybridized carbons (Fsp3) is 0.250. The summed E-state index contributed by atoms with van der Waals surface area (Å²) in [4.78, 5) is 14.7. The van der Waals surface area contributed by atoms with Crippen molar-refractivity contribution in [1.82, 2.24) is 9.62 Å². The summed E-state index contributed by atoms with van der Waals surface area (Å²) in [5, 5.41) is 5.37. The van der Waals surface area contributed by atoms with Crippen molar-refractivity contribution in [3.63, 3.8) is 0 Å². The minimum absolute atomic E-state index is 0.165. The average molecular weight is 451 g/mol. The first kappa shape index (κ1) is 22.0. The second-order valence-corrected chi connectivity index (χ2v) is 9.66. The molecule has 7 nitrogen and oxygen atoms in total. The fourth-order valence-electron chi connectivity index (χ4n) is 4.00. The molecule has 0 bridgehead atoms. The van der Waals surface area contributed by atoms with E-state index >= 15 is 0 Å². The normalized spacial score (nSPS) is 17.0. The van der Waals surface area contributed by atoms with Crippen LogP contribution in [0.5, 0.6) is 0 Å². The molecule has 1 fully saturated rings. The van der Waals surface area contributed by atoms with Gasteiger partial charge >= 0.3 is 0 Å². The number of nitrogens with one attached hydrogen (secondary N) is 1. The van der Waals surface area contributed by atoms with Gasteiger partial charge in [0.15, 0.2) is 0 Å². The van der Waals surface area contributed by atoms with Gasteiger partial charge in [-0.15, -0.1) is 0 Å². The molecule has 3 N–H and O–H groups in total. The Morgan fingerprint density at radius 1 is 1.09 bits per heavy atom. The number of carbonyl (C=O) groups excluding carboxylic acids is 1. The molecule has 1 aliphatic heterocycles. The van der Waals surface area contributed by atoms with Gasteiger partial charge in [0.05, 0.1) is 11.1 Å². The van der Waals surface area contributed by atoms with Crippen molar-refractivity contribution in [3.05, 3.63) is 77.4 Å². The van der Waals surface area contributed by atoms with Gasteiger partial charge in [-0.3, -0.25) is 4.79 Å². The third-order valence-electron chi connectivity index (χ3n) is 5.74. The van der Waals surface area contributed by atoms with E-state index in [0.29, 0.717) is 19.5 Å². The minimum atomic E-state index is -3.83. The number of amides is 1. The molecule has 1 amide bonds. The number of benzene rings is 3. The Morgan fingerprint density at radius 2 is 1.91 bits per heavy atom. The monoisotopic (exact) mass is 450 g/mol. The maximum absolute atomic E-state index is 13.0. The smallest absolute Gasteiger partial charge is 0.241 e. The summed E-state index contributed by atoms with van der Waals surface area (Å²) in [5.41, 5.74) is 2.92. The van der Waals surface area contributed by atoms with Crippen molar-refractivity contribution in [3.8, 4) is 0 Å². The zero-order chi connectivity index (χ0) is 22.7. The van der Waals surface area contributed by atoms with Crippen molar-refractivity contribution >= 4 is 32.9 Å². The first-order chi connectivity index (χ1) is 15.4. The van der Waals surface area contributed by atoms with E-state index in [4.69, 9.17) is 5.84 Å². The molecule has 1 heterocycles. The third-order valence-corrected chi connectivity index (χ3v) is 7.21. The van der Waals surface area contributed by atoms with Gasteiger partial charge in [0.2, 0.25) is 15.9 Å². The maximum Gasteiger partial charge on any atom is 0.241 e. The molecular formula is C24H26N4O3S. The SMILES string of the molecule is CCc1ccc2ccc(S(=O)(=O)N[C@H]3CCN(Cc4cccc(C=NN)c4)C3=O)cc2c1. The van der Waals surface area contributed by atoms with Crippen LogP contribution in [0.4, 0.5) is 0 Å². The standard InChI is InChI=1S/C24H26N4O3S/c1-2-17-6-7-20-8-9-22(14-21(20)13-17)32(30,31)27-23-10-11-28(24(23)29)16-19-5-3-4-18(12-19)15-26-25/h3-9,12-15,23,27H,2,10-11,16,25H2,1H3/t23-/m0/s1. The van der Waals surface area contributed by atoms with Gasteiger partial charge in [-0.25, -0.2) is 8.42 Å². The number of sulfonamides is 1. The number of hydrazone groups is 1. The number of likely N-dealkylation sites (tertiary alicyclic amines) is 1. The molecule has 3 aromatic rings. The number of hydrogen-bond acceptors (Lipinski definition) is 5. The molecule has 3 aromatic carbocycles. The van der Waals surface area contributed by atoms with Crippen LogP contribution in [0.3, 0.4) is 0 Å². The number of rotatable bonds is 7. The fourth-order valence-corrected chi connectivity index (χ4v) is 5.26. The molecule has 0 saturated carbocycles. The topological polar surface area (TPSA) is 105 Å². The Kier molecular flexibility index (Phi) is 6.25. The van der Waals surface area contributed by atoms with Crippen LogP contribution < -0.4 is 10.6 Å². The van der Waals surface area contributed by atoms with Crippen molar-refractivity contribution < 1.29 is 13.2 Å². The number of carbonyl (C=O) groups is 1. The summed E-state index contributed by atoms with van der Waals surface area (Å²) in [6, 6.07) is 17.9. The molecule has 0 aromatic heterocycles. The molecule has 1 saturated heterocycles. The molecule has 0 spiro atoms. The summed E-state index contributed by atoms with van der Waals surface area (Å²) in [7, 11) is -3.83. The summed E-state index contributed by atoms with van der Waals surface area (Å²) in [6.07, 6.45) is 2.84. The zero-order valence-corrected chi connectivity index (χ0v) is 18.7. The van der Waals surface area contributed by atoms with E-state index in [9.17, 15) is 13.2 Å². The average Bonchev–Trinajstić information content (AvgIpc) is 3.12. The van der Waals surface area contributed by atoms with Gasteiger partial charge < -0.3 is 10.7 Å². The molecule has 0 radical (unpaired) electrons. The van der Waals surface area contributed by atoms with Gasteiger partial charge in [0, 0.05) is 13.1 Å². The second-order valence-electron chi connectivity index (χ2n) is 7.94. The van der Waals surface area contributed by atoms with Crippen LogP contribution in [0, 0.1) is 0 Å². The Labute approximate surface area is 188 Å². The molecule has 8 heteroatoms. The number of aryl methyl sites for hydroxylation is 1. The van der Waals surface area contributed by atoms with Crippen LogP contribution in [0.1, 0.15) is 30.0 Å². The Bertz CT molecular complexity index is 1290. The lowest BCUT2D eigenvalue weighted by molar-refractivity contribution is -0.129. The quantitative estimate of drug-likeness (QED) is 0.328. The summed E-state index contributed by atoms with van der Waals surface area (Å²) >= 11 is 0. The van der Waals surface area contributed by atoms with Gasteiger partial charge in [0.25, 0.3) is 0 Å². The van der Waals surface area contributed by atoms with Crippen LogP contribution in [0.2, 0.25) is 0 Å². The molecule has 1 aliphatic rings. The lowest BCUT2D eigenvalue weighted by Crippen LogP contribution is -2.41. The van der Waals surface area contributed by atoms with Gasteiger partial charge in [-0.05, 0) is 58.5 Å². The van der Waals surface area contributed by atoms with Crippen molar-refractivity contribution in [1.29, 1.82) is 0 Å². The predicted octanol–water partition coefficient (Wildman–Crippen LogP) is 2.77. The lowest BCUT2D eigenvalue weighted by atomic mass is 10.1. The minimum Gasteiger partial charge on any atom is -0.337 e. The molecule has 32 heavy (non-hydrogen) atoms. The Hall–Kier alpha value is -3.23. The lowest BCUT2D eigenvalue weighted by Gasteiger charge is -2.18. The van der Waals surface area contributed by atoms with E-state index in [-0.39, 0.29) is 10.8 Å². The number of hydrogen-bond donors (Lipinski definition) is 2. The molecule has 1 atom stereocenters. The summed E-state index contributed by atoms with van der Waals surface area (Å²) in [5.74, 6) is 4.98. The highest BCUT2D eigenvalue weighted by Gasteiger charge is 2.34. The molecule has 166 valence electrons. The van der Waals surface area contributed by atoms with Crippen LogP contribution >= 0.6 is 0 Å². The van der Waals surface area contributed by atoms with E-state index in [1.54, 1.807) is 29.3 Å². The van der Waals surface area contributed by atoms with Crippen LogP contribution in [-0.4, -0.2) is 38.0 Å². The van der Waals surface area contributed by atoms with E-state index in [1.807, 2.05) is 42.5 Å². The summed E-state index contributed by atoms with van der Waals surface area (Å²) in [6.45, 7) is 2.95. The summed E-state index contributed by atoms with van der Waals surface area (Å²) < 4.78 is 28.6. The van der Waals surface area contributed by atoms with Gasteiger partial charge in [-0.1, -0.05) is 49.4 Å². The highest BCUT2D eigenvalue weighted by atomic mass is 32.2. The molecule has 0 unspecified atom stereocenters. The number of fused-ring (bicyclic) bond motifs is 1. The van der Waals surface area contributed by atoms with E-state index in [2.05, 4.69) is 16.7 Å². The van der Waals surface area contributed by atoms with E-state index in [0.717, 1.165) is 33.9 Å². The van der Waals surface area contributed by atoms with Crippen molar-refractivity contribution in [2.45, 2.75) is 37.2 Å². The molecule has 4 rings (SSSR count). The third kappa shape index (κ3) is 4.66. The number of nitrogens with two attached hydrogens (primary N) is 1. The van der Waals surface area contributed by atoms with Crippen molar-refractivity contribution in [2.24, 2.45) is 10.9 Å². The predicted molar refractivity (Wildman–Crippen MR) is 126 cm³/mol. The van der Waals surface area contributed by atoms with E-state index in [1.165, 1.54) is 0 Å². The highest BCUT2D eigenvalue weighted by Crippen LogP contribution is 2.23. The Morgan fingerprint density at radius 3 is 2.69 bits per heavy atom. The maximum atomic E-state index is 13.0.